The Morgan fingerprint density at radius 3 is 1.56 bits per heavy atom. The van der Waals surface area contributed by atoms with E-state index in [4.69, 9.17) is 4.42 Å². The van der Waals surface area contributed by atoms with E-state index >= 15 is 0 Å². The molecule has 16 heavy (non-hydrogen) atoms. The number of hydrogen-bond donors (Lipinski definition) is 0. The van der Waals surface area contributed by atoms with E-state index in [0.717, 1.165) is 24.4 Å². The van der Waals surface area contributed by atoms with E-state index in [9.17, 15) is 17.3 Å². The van der Waals surface area contributed by atoms with Gasteiger partial charge in [0.05, 0.1) is 12.8 Å². The third-order valence-corrected chi connectivity index (χ3v) is 1.74. The zero-order valence-corrected chi connectivity index (χ0v) is 9.57. The molecule has 0 saturated carbocycles. The van der Waals surface area contributed by atoms with Crippen LogP contribution >= 0.6 is 0 Å². The van der Waals surface area contributed by atoms with Gasteiger partial charge in [-0.25, -0.2) is 4.42 Å². The number of aryl methyl sites for hydroxylation is 3. The van der Waals surface area contributed by atoms with Crippen molar-refractivity contribution in [2.75, 3.05) is 0 Å². The number of hydrogen-bond acceptors (Lipinski definition) is 0. The molecule has 6 heteroatoms. The van der Waals surface area contributed by atoms with Crippen molar-refractivity contribution in [2.24, 2.45) is 0 Å². The fourth-order valence-corrected chi connectivity index (χ4v) is 1.13. The fourth-order valence-electron chi connectivity index (χ4n) is 1.13. The first kappa shape index (κ1) is 14.9. The van der Waals surface area contributed by atoms with Crippen molar-refractivity contribution in [3.63, 3.8) is 0 Å². The van der Waals surface area contributed by atoms with Gasteiger partial charge in [0.15, 0.2) is 0 Å². The molecule has 1 heterocycles. The molecule has 0 aliphatic rings. The monoisotopic (exact) mass is 238 g/mol. The summed E-state index contributed by atoms with van der Waals surface area (Å²) in [5.41, 5.74) is 1.30. The maximum atomic E-state index is 9.75. The molecule has 0 saturated heterocycles. The predicted octanol–water partition coefficient (Wildman–Crippen LogP) is 4.29. The van der Waals surface area contributed by atoms with E-state index in [1.165, 1.54) is 5.56 Å². The summed E-state index contributed by atoms with van der Waals surface area (Å²) in [6.07, 6.45) is 1.96. The Hall–Kier alpha value is -1.07. The second kappa shape index (κ2) is 6.50. The summed E-state index contributed by atoms with van der Waals surface area (Å²) in [6.45, 7) is 6.32. The van der Waals surface area contributed by atoms with Crippen molar-refractivity contribution in [1.82, 2.24) is 0 Å². The zero-order chi connectivity index (χ0) is 12.8. The molecule has 1 aromatic rings. The van der Waals surface area contributed by atoms with Crippen molar-refractivity contribution in [3.8, 4) is 0 Å². The molecule has 0 fully saturated rings. The minimum Gasteiger partial charge on any atom is -0.418 e. The molecule has 0 unspecified atom stereocenters. The maximum absolute atomic E-state index is 9.75. The fraction of sp³-hybridized carbons (Fsp3) is 0.500. The van der Waals surface area contributed by atoms with Crippen LogP contribution in [0.4, 0.5) is 17.3 Å². The highest BCUT2D eigenvalue weighted by molar-refractivity contribution is 6.50. The van der Waals surface area contributed by atoms with Gasteiger partial charge in [-0.05, 0) is 12.5 Å². The smallest absolute Gasteiger partial charge is 0.418 e. The Labute approximate surface area is 92.6 Å². The average Bonchev–Trinajstić information content (AvgIpc) is 2.14. The van der Waals surface area contributed by atoms with Crippen LogP contribution in [0.1, 0.15) is 30.9 Å². The summed E-state index contributed by atoms with van der Waals surface area (Å²) in [5, 5.41) is 0. The lowest BCUT2D eigenvalue weighted by atomic mass is 10.2. The van der Waals surface area contributed by atoms with Crippen LogP contribution in [0.25, 0.3) is 0 Å². The van der Waals surface area contributed by atoms with Crippen LogP contribution in [0, 0.1) is 6.92 Å². The minimum atomic E-state index is -6.00. The second-order valence-corrected chi connectivity index (χ2v) is 3.27. The molecule has 0 amide bonds. The Bertz CT molecular complexity index is 297. The molecule has 0 radical (unpaired) electrons. The highest BCUT2D eigenvalue weighted by Crippen LogP contribution is 2.10. The first-order chi connectivity index (χ1) is 7.26. The van der Waals surface area contributed by atoms with Gasteiger partial charge in [-0.2, -0.15) is 0 Å². The van der Waals surface area contributed by atoms with Crippen LogP contribution < -0.4 is 0 Å². The lowest BCUT2D eigenvalue weighted by Crippen LogP contribution is -2.02. The van der Waals surface area contributed by atoms with E-state index in [1.54, 1.807) is 0 Å². The van der Waals surface area contributed by atoms with Crippen LogP contribution in [0.5, 0.6) is 0 Å². The van der Waals surface area contributed by atoms with Crippen LogP contribution in [0.2, 0.25) is 0 Å². The van der Waals surface area contributed by atoms with Crippen molar-refractivity contribution in [1.29, 1.82) is 0 Å². The lowest BCUT2D eigenvalue weighted by Gasteiger charge is -1.94. The summed E-state index contributed by atoms with van der Waals surface area (Å²) >= 11 is 0. The van der Waals surface area contributed by atoms with Crippen molar-refractivity contribution in [3.05, 3.63) is 29.2 Å². The van der Waals surface area contributed by atoms with Gasteiger partial charge >= 0.3 is 18.8 Å². The summed E-state index contributed by atoms with van der Waals surface area (Å²) in [5.74, 6) is 2.17. The molecule has 1 nitrogen and oxygen atoms in total. The van der Waals surface area contributed by atoms with Gasteiger partial charge in [-0.1, -0.05) is 13.8 Å². The molecule has 0 spiro atoms. The third-order valence-electron chi connectivity index (χ3n) is 1.74. The minimum absolute atomic E-state index is 0.981. The first-order valence-corrected chi connectivity index (χ1v) is 5.06. The highest BCUT2D eigenvalue weighted by Gasteiger charge is 2.20. The Morgan fingerprint density at radius 1 is 1.00 bits per heavy atom. The molecular formula is C10H15BF4O. The van der Waals surface area contributed by atoms with Gasteiger partial charge in [-0.3, -0.25) is 0 Å². The SMILES string of the molecule is CCc1cc(C)cc(CC)[o+]1.F[B-](F)(F)F. The summed E-state index contributed by atoms with van der Waals surface area (Å²) in [7, 11) is -6.00. The van der Waals surface area contributed by atoms with E-state index in [2.05, 4.69) is 32.9 Å². The lowest BCUT2D eigenvalue weighted by molar-refractivity contribution is 0.368. The Balaban J connectivity index is 0.000000385. The molecule has 0 aliphatic heterocycles. The molecule has 1 rings (SSSR count). The van der Waals surface area contributed by atoms with Crippen LogP contribution in [0.15, 0.2) is 16.5 Å². The van der Waals surface area contributed by atoms with E-state index in [-0.39, 0.29) is 0 Å². The first-order valence-electron chi connectivity index (χ1n) is 5.06. The van der Waals surface area contributed by atoms with E-state index in [1.807, 2.05) is 0 Å². The van der Waals surface area contributed by atoms with Gasteiger partial charge in [0.2, 0.25) is 0 Å². The van der Waals surface area contributed by atoms with Gasteiger partial charge in [0.1, 0.15) is 0 Å². The normalized spacial score (nSPS) is 10.7. The van der Waals surface area contributed by atoms with Crippen molar-refractivity contribution in [2.45, 2.75) is 33.6 Å². The molecular weight excluding hydrogens is 223 g/mol. The van der Waals surface area contributed by atoms with Crippen molar-refractivity contribution < 1.29 is 21.7 Å². The summed E-state index contributed by atoms with van der Waals surface area (Å²) in [6, 6.07) is 4.19. The Kier molecular flexibility index (Phi) is 6.07. The van der Waals surface area contributed by atoms with Crippen LogP contribution in [0.3, 0.4) is 0 Å². The standard InChI is InChI=1S/C10H15O.BF4/c1-4-9-6-8(3)7-10(5-2)11-9;2-1(3,4)5/h6-7H,4-5H2,1-3H3;/q+1;-1. The quantitative estimate of drug-likeness (QED) is 0.424. The molecule has 0 aliphatic carbocycles. The topological polar surface area (TPSA) is 11.3 Å². The van der Waals surface area contributed by atoms with Gasteiger partial charge in [-0.15, -0.1) is 0 Å². The second-order valence-electron chi connectivity index (χ2n) is 3.27. The predicted molar refractivity (Wildman–Crippen MR) is 56.8 cm³/mol. The van der Waals surface area contributed by atoms with E-state index < -0.39 is 7.25 Å². The van der Waals surface area contributed by atoms with Gasteiger partial charge < -0.3 is 17.3 Å². The zero-order valence-electron chi connectivity index (χ0n) is 9.57. The molecule has 0 aromatic carbocycles. The molecule has 0 bridgehead atoms. The number of rotatable bonds is 2. The van der Waals surface area contributed by atoms with Crippen molar-refractivity contribution >= 4 is 7.25 Å². The third kappa shape index (κ3) is 8.26. The molecule has 0 atom stereocenters. The number of halogens is 4. The molecule has 0 N–H and O–H groups in total. The molecule has 1 aromatic heterocycles. The Morgan fingerprint density at radius 2 is 1.31 bits per heavy atom. The van der Waals surface area contributed by atoms with E-state index in [0.29, 0.717) is 0 Å². The van der Waals surface area contributed by atoms with Crippen LogP contribution in [-0.2, 0) is 12.8 Å². The average molecular weight is 238 g/mol. The van der Waals surface area contributed by atoms with Gasteiger partial charge in [0, 0.05) is 12.1 Å². The highest BCUT2D eigenvalue weighted by atomic mass is 19.5. The maximum Gasteiger partial charge on any atom is 0.673 e. The van der Waals surface area contributed by atoms with Crippen LogP contribution in [-0.4, -0.2) is 7.25 Å². The largest absolute Gasteiger partial charge is 0.673 e. The molecule has 92 valence electrons. The summed E-state index contributed by atoms with van der Waals surface area (Å²) in [4.78, 5) is 0. The van der Waals surface area contributed by atoms with Gasteiger partial charge in [0.25, 0.3) is 0 Å². The summed E-state index contributed by atoms with van der Waals surface area (Å²) < 4.78 is 44.6.